The fourth-order valence-electron chi connectivity index (χ4n) is 5.69. The molecule has 11 heteroatoms. The molecular weight excluding hydrogens is 574 g/mol. The van der Waals surface area contributed by atoms with Gasteiger partial charge in [0.05, 0.1) is 10.9 Å². The van der Waals surface area contributed by atoms with Gasteiger partial charge in [0.15, 0.2) is 5.16 Å². The van der Waals surface area contributed by atoms with Crippen LogP contribution in [0.1, 0.15) is 56.3 Å². The van der Waals surface area contributed by atoms with Crippen LogP contribution in [0.5, 0.6) is 0 Å². The van der Waals surface area contributed by atoms with Crippen molar-refractivity contribution in [2.24, 2.45) is 0 Å². The van der Waals surface area contributed by atoms with Crippen molar-refractivity contribution in [1.29, 1.82) is 0 Å². The lowest BCUT2D eigenvalue weighted by atomic mass is 10.1. The van der Waals surface area contributed by atoms with E-state index >= 15 is 0 Å². The number of fused-ring (bicyclic) bond motifs is 1. The van der Waals surface area contributed by atoms with Crippen molar-refractivity contribution in [3.8, 4) is 0 Å². The Morgan fingerprint density at radius 3 is 2.55 bits per heavy atom. The van der Waals surface area contributed by atoms with Gasteiger partial charge in [-0.1, -0.05) is 53.7 Å². The maximum atomic E-state index is 14.2. The van der Waals surface area contributed by atoms with Crippen molar-refractivity contribution in [2.45, 2.75) is 68.4 Å². The average Bonchev–Trinajstić information content (AvgIpc) is 3.71. The summed E-state index contributed by atoms with van der Waals surface area (Å²) in [5.41, 5.74) is 1.15. The summed E-state index contributed by atoms with van der Waals surface area (Å²) in [6.07, 6.45) is 4.00. The first-order valence-electron chi connectivity index (χ1n) is 14.6. The summed E-state index contributed by atoms with van der Waals surface area (Å²) in [6.45, 7) is 4.74. The Labute approximate surface area is 254 Å². The molecule has 2 aliphatic rings. The van der Waals surface area contributed by atoms with E-state index in [-0.39, 0.29) is 42.2 Å². The molecule has 1 N–H and O–H groups in total. The standard InChI is InChI=1S/C31H36ClN5O4S/c1-2-36-29(40)24-19-22(32)12-13-25(24)34-31(36)42-28(21-9-4-3-5-10-21)30(41)37-18-8-11-23(37)20-33-26(38)14-15-27(39)35-16-6-7-17-35/h3-5,9-10,12-13,19,23,28H,2,6-8,11,14-18,20H2,1H3,(H,33,38)/t23-,28?/m1/s1. The van der Waals surface area contributed by atoms with Crippen LogP contribution < -0.4 is 10.9 Å². The predicted molar refractivity (Wildman–Crippen MR) is 165 cm³/mol. The number of aromatic nitrogens is 2. The highest BCUT2D eigenvalue weighted by atomic mass is 35.5. The fraction of sp³-hybridized carbons (Fsp3) is 0.452. The van der Waals surface area contributed by atoms with Crippen LogP contribution in [0.4, 0.5) is 0 Å². The zero-order valence-electron chi connectivity index (χ0n) is 23.8. The molecule has 9 nitrogen and oxygen atoms in total. The van der Waals surface area contributed by atoms with Gasteiger partial charge in [-0.2, -0.15) is 0 Å². The molecule has 42 heavy (non-hydrogen) atoms. The normalized spacial score (nSPS) is 17.5. The third-order valence-electron chi connectivity index (χ3n) is 7.97. The lowest BCUT2D eigenvalue weighted by Gasteiger charge is -2.29. The van der Waals surface area contributed by atoms with E-state index in [2.05, 4.69) is 5.32 Å². The van der Waals surface area contributed by atoms with E-state index in [1.165, 1.54) is 11.8 Å². The molecule has 2 fully saturated rings. The number of thioether (sulfide) groups is 1. The Morgan fingerprint density at radius 2 is 1.81 bits per heavy atom. The number of likely N-dealkylation sites (tertiary alicyclic amines) is 2. The molecule has 1 aromatic heterocycles. The highest BCUT2D eigenvalue weighted by Crippen LogP contribution is 2.38. The molecule has 0 spiro atoms. The van der Waals surface area contributed by atoms with Gasteiger partial charge in [0, 0.05) is 56.6 Å². The lowest BCUT2D eigenvalue weighted by Crippen LogP contribution is -2.44. The Kier molecular flexibility index (Phi) is 9.84. The number of carbonyl (C=O) groups is 3. The Bertz CT molecular complexity index is 1510. The summed E-state index contributed by atoms with van der Waals surface area (Å²) in [5, 5.41) is 3.69. The van der Waals surface area contributed by atoms with Crippen molar-refractivity contribution < 1.29 is 14.4 Å². The van der Waals surface area contributed by atoms with Crippen LogP contribution in [0.3, 0.4) is 0 Å². The van der Waals surface area contributed by atoms with Crippen LogP contribution in [0.25, 0.3) is 10.9 Å². The van der Waals surface area contributed by atoms with Gasteiger partial charge in [-0.3, -0.25) is 23.7 Å². The Hall–Kier alpha value is -3.37. The fourth-order valence-corrected chi connectivity index (χ4v) is 7.09. The monoisotopic (exact) mass is 609 g/mol. The highest BCUT2D eigenvalue weighted by molar-refractivity contribution is 8.00. The van der Waals surface area contributed by atoms with E-state index in [1.54, 1.807) is 22.8 Å². The number of hydrogen-bond acceptors (Lipinski definition) is 6. The summed E-state index contributed by atoms with van der Waals surface area (Å²) < 4.78 is 1.58. The molecule has 0 radical (unpaired) electrons. The molecule has 2 atom stereocenters. The van der Waals surface area contributed by atoms with Crippen molar-refractivity contribution in [1.82, 2.24) is 24.7 Å². The quantitative estimate of drug-likeness (QED) is 0.270. The van der Waals surface area contributed by atoms with Crippen LogP contribution >= 0.6 is 23.4 Å². The second-order valence-electron chi connectivity index (χ2n) is 10.7. The van der Waals surface area contributed by atoms with E-state index in [1.807, 2.05) is 47.1 Å². The summed E-state index contributed by atoms with van der Waals surface area (Å²) in [5.74, 6) is -0.234. The molecule has 3 amide bonds. The third kappa shape index (κ3) is 6.81. The number of carbonyl (C=O) groups excluding carboxylic acids is 3. The Morgan fingerprint density at radius 1 is 1.05 bits per heavy atom. The number of nitrogens with zero attached hydrogens (tertiary/aromatic N) is 4. The summed E-state index contributed by atoms with van der Waals surface area (Å²) >= 11 is 7.42. The van der Waals surface area contributed by atoms with Gasteiger partial charge in [-0.25, -0.2) is 4.98 Å². The zero-order valence-corrected chi connectivity index (χ0v) is 25.3. The minimum atomic E-state index is -0.630. The van der Waals surface area contributed by atoms with Crippen LogP contribution in [0.2, 0.25) is 5.02 Å². The first kappa shape index (κ1) is 30.1. The SMILES string of the molecule is CCn1c(SC(C(=O)N2CCC[C@@H]2CNC(=O)CCC(=O)N2CCCC2)c2ccccc2)nc2ccc(Cl)cc2c1=O. The molecular formula is C31H36ClN5O4S. The number of amides is 3. The molecule has 0 aliphatic carbocycles. The average molecular weight is 610 g/mol. The number of rotatable bonds is 10. The molecule has 222 valence electrons. The number of halogens is 1. The predicted octanol–water partition coefficient (Wildman–Crippen LogP) is 4.41. The second kappa shape index (κ2) is 13.7. The van der Waals surface area contributed by atoms with E-state index in [4.69, 9.17) is 16.6 Å². The molecule has 3 aromatic rings. The van der Waals surface area contributed by atoms with Crippen molar-refractivity contribution in [3.63, 3.8) is 0 Å². The van der Waals surface area contributed by atoms with Crippen LogP contribution in [-0.4, -0.2) is 69.3 Å². The van der Waals surface area contributed by atoms with Crippen LogP contribution in [0.15, 0.2) is 58.5 Å². The smallest absolute Gasteiger partial charge is 0.262 e. The maximum absolute atomic E-state index is 14.2. The third-order valence-corrected chi connectivity index (χ3v) is 9.43. The molecule has 0 saturated carbocycles. The first-order chi connectivity index (χ1) is 20.4. The minimum Gasteiger partial charge on any atom is -0.354 e. The molecule has 2 aliphatic heterocycles. The van der Waals surface area contributed by atoms with Crippen LogP contribution in [-0.2, 0) is 20.9 Å². The first-order valence-corrected chi connectivity index (χ1v) is 15.9. The van der Waals surface area contributed by atoms with Gasteiger partial charge in [0.2, 0.25) is 17.7 Å². The van der Waals surface area contributed by atoms with Gasteiger partial charge < -0.3 is 15.1 Å². The van der Waals surface area contributed by atoms with Crippen molar-refractivity contribution in [2.75, 3.05) is 26.2 Å². The van der Waals surface area contributed by atoms with Gasteiger partial charge in [0.25, 0.3) is 5.56 Å². The summed E-state index contributed by atoms with van der Waals surface area (Å²) in [6, 6.07) is 14.4. The largest absolute Gasteiger partial charge is 0.354 e. The van der Waals surface area contributed by atoms with Crippen molar-refractivity contribution in [3.05, 3.63) is 69.5 Å². The maximum Gasteiger partial charge on any atom is 0.262 e. The van der Waals surface area contributed by atoms with Crippen molar-refractivity contribution >= 4 is 52.0 Å². The van der Waals surface area contributed by atoms with E-state index < -0.39 is 5.25 Å². The summed E-state index contributed by atoms with van der Waals surface area (Å²) in [7, 11) is 0. The van der Waals surface area contributed by atoms with E-state index in [9.17, 15) is 19.2 Å². The molecule has 1 unspecified atom stereocenters. The lowest BCUT2D eigenvalue weighted by molar-refractivity contribution is -0.133. The topological polar surface area (TPSA) is 105 Å². The van der Waals surface area contributed by atoms with Gasteiger partial charge in [0.1, 0.15) is 5.25 Å². The highest BCUT2D eigenvalue weighted by Gasteiger charge is 2.35. The van der Waals surface area contributed by atoms with Crippen LogP contribution in [0, 0.1) is 0 Å². The zero-order chi connectivity index (χ0) is 29.6. The molecule has 2 aromatic carbocycles. The van der Waals surface area contributed by atoms with E-state index in [0.29, 0.717) is 40.7 Å². The van der Waals surface area contributed by atoms with Gasteiger partial charge in [-0.15, -0.1) is 0 Å². The number of nitrogens with one attached hydrogen (secondary N) is 1. The Balaban J connectivity index is 1.32. The van der Waals surface area contributed by atoms with E-state index in [0.717, 1.165) is 44.3 Å². The minimum absolute atomic E-state index is 0.0269. The summed E-state index contributed by atoms with van der Waals surface area (Å²) in [4.78, 5) is 60.9. The number of hydrogen-bond donors (Lipinski definition) is 1. The van der Waals surface area contributed by atoms with Gasteiger partial charge in [-0.05, 0) is 56.4 Å². The molecule has 2 saturated heterocycles. The number of benzene rings is 2. The van der Waals surface area contributed by atoms with Gasteiger partial charge >= 0.3 is 0 Å². The molecule has 3 heterocycles. The molecule has 5 rings (SSSR count). The molecule has 0 bridgehead atoms. The second-order valence-corrected chi connectivity index (χ2v) is 12.2.